The molecular weight excluding hydrogens is 288 g/mol. The van der Waals surface area contributed by atoms with Gasteiger partial charge < -0.3 is 10.2 Å². The number of carbonyl (C=O) groups excluding carboxylic acids is 2. The largest absolute Gasteiger partial charge is 0.343 e. The minimum Gasteiger partial charge on any atom is -0.343 e. The summed E-state index contributed by atoms with van der Waals surface area (Å²) in [6, 6.07) is 6.62. The number of nitrogens with one attached hydrogen (secondary N) is 1. The number of nitrogens with zero attached hydrogens (tertiary/aromatic N) is 1. The molecule has 1 heterocycles. The van der Waals surface area contributed by atoms with Crippen molar-refractivity contribution in [1.82, 2.24) is 10.2 Å². The van der Waals surface area contributed by atoms with Crippen LogP contribution in [0.25, 0.3) is 0 Å². The van der Waals surface area contributed by atoms with E-state index >= 15 is 0 Å². The van der Waals surface area contributed by atoms with E-state index in [1.54, 1.807) is 11.0 Å². The Bertz CT molecular complexity index is 533. The van der Waals surface area contributed by atoms with Gasteiger partial charge in [-0.2, -0.15) is 0 Å². The third-order valence-corrected chi connectivity index (χ3v) is 4.02. The molecule has 1 aromatic rings. The van der Waals surface area contributed by atoms with Crippen LogP contribution in [0.2, 0.25) is 5.02 Å². The minimum absolute atomic E-state index is 0.00303. The van der Waals surface area contributed by atoms with Gasteiger partial charge in [-0.1, -0.05) is 44.0 Å². The molecule has 1 aliphatic rings. The molecule has 4 nitrogen and oxygen atoms in total. The SMILES string of the molecule is CCCC1NC(=O)C(CC)N(Cc2cccc(Cl)c2)C1=O. The van der Waals surface area contributed by atoms with Crippen molar-refractivity contribution in [3.63, 3.8) is 0 Å². The van der Waals surface area contributed by atoms with Crippen LogP contribution in [0.15, 0.2) is 24.3 Å². The average Bonchev–Trinajstić information content (AvgIpc) is 2.45. The number of piperazine rings is 1. The van der Waals surface area contributed by atoms with Crippen molar-refractivity contribution in [3.05, 3.63) is 34.9 Å². The van der Waals surface area contributed by atoms with Gasteiger partial charge in [-0.15, -0.1) is 0 Å². The zero-order chi connectivity index (χ0) is 15.4. The highest BCUT2D eigenvalue weighted by atomic mass is 35.5. The molecule has 2 rings (SSSR count). The lowest BCUT2D eigenvalue weighted by molar-refractivity contribution is -0.150. The standard InChI is InChI=1S/C16H21ClN2O2/c1-3-6-13-16(21)19(14(4-2)15(20)18-13)10-11-7-5-8-12(17)9-11/h5,7-9,13-14H,3-4,6,10H2,1-2H3,(H,18,20). The molecule has 1 N–H and O–H groups in total. The number of amides is 2. The van der Waals surface area contributed by atoms with Crippen molar-refractivity contribution in [3.8, 4) is 0 Å². The summed E-state index contributed by atoms with van der Waals surface area (Å²) in [5.41, 5.74) is 0.944. The third-order valence-electron chi connectivity index (χ3n) is 3.78. The first-order valence-corrected chi connectivity index (χ1v) is 7.79. The molecule has 21 heavy (non-hydrogen) atoms. The van der Waals surface area contributed by atoms with Crippen LogP contribution in [0.1, 0.15) is 38.7 Å². The predicted octanol–water partition coefficient (Wildman–Crippen LogP) is 2.75. The predicted molar refractivity (Wildman–Crippen MR) is 82.9 cm³/mol. The van der Waals surface area contributed by atoms with Crippen LogP contribution in [-0.4, -0.2) is 28.8 Å². The van der Waals surface area contributed by atoms with E-state index in [1.807, 2.05) is 32.0 Å². The second kappa shape index (κ2) is 6.94. The number of hydrogen-bond acceptors (Lipinski definition) is 2. The van der Waals surface area contributed by atoms with Crippen molar-refractivity contribution < 1.29 is 9.59 Å². The molecule has 0 aromatic heterocycles. The van der Waals surface area contributed by atoms with Gasteiger partial charge >= 0.3 is 0 Å². The van der Waals surface area contributed by atoms with E-state index in [4.69, 9.17) is 11.6 Å². The number of rotatable bonds is 5. The Balaban J connectivity index is 2.23. The highest BCUT2D eigenvalue weighted by molar-refractivity contribution is 6.30. The molecule has 5 heteroatoms. The van der Waals surface area contributed by atoms with Gasteiger partial charge in [0.15, 0.2) is 0 Å². The van der Waals surface area contributed by atoms with Crippen LogP contribution in [0.3, 0.4) is 0 Å². The van der Waals surface area contributed by atoms with Gasteiger partial charge in [0, 0.05) is 11.6 Å². The van der Waals surface area contributed by atoms with Crippen LogP contribution in [0, 0.1) is 0 Å². The molecular formula is C16H21ClN2O2. The van der Waals surface area contributed by atoms with Crippen LogP contribution in [-0.2, 0) is 16.1 Å². The van der Waals surface area contributed by atoms with Crippen molar-refractivity contribution in [2.75, 3.05) is 0 Å². The minimum atomic E-state index is -0.399. The second-order valence-electron chi connectivity index (χ2n) is 5.37. The number of carbonyl (C=O) groups is 2. The van der Waals surface area contributed by atoms with Crippen molar-refractivity contribution >= 4 is 23.4 Å². The Labute approximate surface area is 130 Å². The first-order chi connectivity index (χ1) is 10.1. The maximum Gasteiger partial charge on any atom is 0.246 e. The van der Waals surface area contributed by atoms with E-state index in [9.17, 15) is 9.59 Å². The molecule has 0 saturated carbocycles. The first kappa shape index (κ1) is 15.8. The highest BCUT2D eigenvalue weighted by Crippen LogP contribution is 2.20. The highest BCUT2D eigenvalue weighted by Gasteiger charge is 2.38. The number of hydrogen-bond donors (Lipinski definition) is 1. The van der Waals surface area contributed by atoms with E-state index in [-0.39, 0.29) is 11.8 Å². The van der Waals surface area contributed by atoms with Gasteiger partial charge in [0.05, 0.1) is 0 Å². The fraction of sp³-hybridized carbons (Fsp3) is 0.500. The number of benzene rings is 1. The average molecular weight is 309 g/mol. The summed E-state index contributed by atoms with van der Waals surface area (Å²) in [6.45, 7) is 4.35. The molecule has 1 aromatic carbocycles. The summed E-state index contributed by atoms with van der Waals surface area (Å²) in [5, 5.41) is 3.48. The Morgan fingerprint density at radius 2 is 2.05 bits per heavy atom. The Kier molecular flexibility index (Phi) is 5.23. The van der Waals surface area contributed by atoms with Gasteiger partial charge in [0.2, 0.25) is 11.8 Å². The molecule has 1 saturated heterocycles. The summed E-state index contributed by atoms with van der Waals surface area (Å²) in [7, 11) is 0. The number of halogens is 1. The molecule has 1 fully saturated rings. The Morgan fingerprint density at radius 3 is 2.67 bits per heavy atom. The molecule has 0 spiro atoms. The fourth-order valence-corrected chi connectivity index (χ4v) is 2.95. The van der Waals surface area contributed by atoms with E-state index in [1.165, 1.54) is 0 Å². The molecule has 2 unspecified atom stereocenters. The Hall–Kier alpha value is -1.55. The molecule has 1 aliphatic heterocycles. The zero-order valence-corrected chi connectivity index (χ0v) is 13.2. The Morgan fingerprint density at radius 1 is 1.29 bits per heavy atom. The zero-order valence-electron chi connectivity index (χ0n) is 12.4. The van der Waals surface area contributed by atoms with Crippen molar-refractivity contribution in [2.45, 2.75) is 51.7 Å². The van der Waals surface area contributed by atoms with Crippen molar-refractivity contribution in [1.29, 1.82) is 0 Å². The molecule has 2 amide bonds. The van der Waals surface area contributed by atoms with Crippen LogP contribution in [0.4, 0.5) is 0 Å². The molecule has 0 bridgehead atoms. The van der Waals surface area contributed by atoms with E-state index in [0.717, 1.165) is 12.0 Å². The molecule has 2 atom stereocenters. The molecule has 114 valence electrons. The van der Waals surface area contributed by atoms with Gasteiger partial charge in [-0.05, 0) is 30.5 Å². The van der Waals surface area contributed by atoms with Gasteiger partial charge in [-0.3, -0.25) is 9.59 Å². The second-order valence-corrected chi connectivity index (χ2v) is 5.81. The summed E-state index contributed by atoms with van der Waals surface area (Å²) in [4.78, 5) is 26.5. The fourth-order valence-electron chi connectivity index (χ4n) is 2.74. The van der Waals surface area contributed by atoms with E-state index in [2.05, 4.69) is 5.32 Å². The summed E-state index contributed by atoms with van der Waals surface area (Å²) in [6.07, 6.45) is 2.14. The lowest BCUT2D eigenvalue weighted by Gasteiger charge is -2.38. The van der Waals surface area contributed by atoms with Crippen LogP contribution < -0.4 is 5.32 Å². The maximum absolute atomic E-state index is 12.6. The lowest BCUT2D eigenvalue weighted by Crippen LogP contribution is -2.62. The monoisotopic (exact) mass is 308 g/mol. The quantitative estimate of drug-likeness (QED) is 0.909. The normalized spacial score (nSPS) is 22.3. The smallest absolute Gasteiger partial charge is 0.246 e. The van der Waals surface area contributed by atoms with E-state index < -0.39 is 12.1 Å². The summed E-state index contributed by atoms with van der Waals surface area (Å²) >= 11 is 5.99. The van der Waals surface area contributed by atoms with Gasteiger partial charge in [0.1, 0.15) is 12.1 Å². The molecule has 0 radical (unpaired) electrons. The summed E-state index contributed by atoms with van der Waals surface area (Å²) < 4.78 is 0. The van der Waals surface area contributed by atoms with E-state index in [0.29, 0.717) is 24.4 Å². The van der Waals surface area contributed by atoms with Crippen molar-refractivity contribution in [2.24, 2.45) is 0 Å². The van der Waals surface area contributed by atoms with Crippen LogP contribution >= 0.6 is 11.6 Å². The van der Waals surface area contributed by atoms with Gasteiger partial charge in [0.25, 0.3) is 0 Å². The van der Waals surface area contributed by atoms with Gasteiger partial charge in [-0.25, -0.2) is 0 Å². The lowest BCUT2D eigenvalue weighted by atomic mass is 10.0. The maximum atomic E-state index is 12.6. The molecule has 0 aliphatic carbocycles. The topological polar surface area (TPSA) is 49.4 Å². The first-order valence-electron chi connectivity index (χ1n) is 7.42. The third kappa shape index (κ3) is 3.56. The summed E-state index contributed by atoms with van der Waals surface area (Å²) in [5.74, 6) is -0.0548. The van der Waals surface area contributed by atoms with Crippen LogP contribution in [0.5, 0.6) is 0 Å².